The fourth-order valence-corrected chi connectivity index (χ4v) is 4.30. The molecular weight excluding hydrogens is 480 g/mol. The molecule has 0 saturated carbocycles. The molecule has 2 fully saturated rings. The van der Waals surface area contributed by atoms with E-state index in [9.17, 15) is 35.7 Å². The topological polar surface area (TPSA) is 160 Å². The SMILES string of the molecule is OCC1CC(O)C(O)C(C#Cc2ccc(C#CC3OC(CO)C(O)C(O)C3O)cc2-c2ccccc2)O1. The summed E-state index contributed by atoms with van der Waals surface area (Å²) in [5.41, 5.74) is 2.76. The molecule has 2 saturated heterocycles. The Labute approximate surface area is 214 Å². The van der Waals surface area contributed by atoms with Gasteiger partial charge in [-0.2, -0.15) is 0 Å². The molecule has 4 rings (SSSR count). The van der Waals surface area contributed by atoms with Crippen molar-refractivity contribution in [1.29, 1.82) is 0 Å². The van der Waals surface area contributed by atoms with Gasteiger partial charge in [0, 0.05) is 17.5 Å². The molecule has 9 atom stereocenters. The van der Waals surface area contributed by atoms with Crippen molar-refractivity contribution in [3.63, 3.8) is 0 Å². The van der Waals surface area contributed by atoms with Crippen molar-refractivity contribution >= 4 is 0 Å². The van der Waals surface area contributed by atoms with Crippen LogP contribution in [0.5, 0.6) is 0 Å². The fourth-order valence-electron chi connectivity index (χ4n) is 4.30. The van der Waals surface area contributed by atoms with Crippen LogP contribution in [0.25, 0.3) is 11.1 Å². The average molecular weight is 511 g/mol. The van der Waals surface area contributed by atoms with Gasteiger partial charge in [0.05, 0.1) is 25.4 Å². The summed E-state index contributed by atoms with van der Waals surface area (Å²) in [6.07, 6.45) is -10.3. The highest BCUT2D eigenvalue weighted by atomic mass is 16.5. The van der Waals surface area contributed by atoms with Crippen molar-refractivity contribution in [3.05, 3.63) is 59.7 Å². The standard InChI is InChI=1S/C28H30O9/c29-14-19-13-21(31)25(32)22(36-19)11-9-18-8-6-16(12-20(18)17-4-2-1-3-5-17)7-10-23-26(33)28(35)27(34)24(15-30)37-23/h1-6,8,12,19,21-35H,13-15H2. The minimum Gasteiger partial charge on any atom is -0.394 e. The van der Waals surface area contributed by atoms with Gasteiger partial charge in [0.15, 0.2) is 0 Å². The summed E-state index contributed by atoms with van der Waals surface area (Å²) in [4.78, 5) is 0. The Hall–Kier alpha value is -2.80. The summed E-state index contributed by atoms with van der Waals surface area (Å²) in [5.74, 6) is 11.5. The van der Waals surface area contributed by atoms with E-state index in [1.165, 1.54) is 0 Å². The molecule has 2 aliphatic heterocycles. The maximum Gasteiger partial charge on any atom is 0.147 e. The molecule has 2 aliphatic rings. The van der Waals surface area contributed by atoms with Crippen LogP contribution >= 0.6 is 0 Å². The zero-order valence-corrected chi connectivity index (χ0v) is 19.9. The summed E-state index contributed by atoms with van der Waals surface area (Å²) in [6.45, 7) is -0.830. The van der Waals surface area contributed by atoms with Gasteiger partial charge in [-0.3, -0.25) is 0 Å². The summed E-state index contributed by atoms with van der Waals surface area (Å²) in [5, 5.41) is 69.3. The number of hydrogen-bond donors (Lipinski definition) is 7. The first-order valence-electron chi connectivity index (χ1n) is 12.0. The molecule has 37 heavy (non-hydrogen) atoms. The molecule has 7 N–H and O–H groups in total. The molecule has 9 unspecified atom stereocenters. The van der Waals surface area contributed by atoms with Gasteiger partial charge in [0.2, 0.25) is 0 Å². The predicted octanol–water partition coefficient (Wildman–Crippen LogP) is -1.23. The maximum atomic E-state index is 10.3. The van der Waals surface area contributed by atoms with Gasteiger partial charge >= 0.3 is 0 Å². The molecule has 9 nitrogen and oxygen atoms in total. The number of benzene rings is 2. The normalized spacial score (nSPS) is 33.5. The third-order valence-electron chi connectivity index (χ3n) is 6.46. The smallest absolute Gasteiger partial charge is 0.147 e. The minimum atomic E-state index is -1.51. The Balaban J connectivity index is 1.64. The summed E-state index contributed by atoms with van der Waals surface area (Å²) < 4.78 is 11.1. The largest absolute Gasteiger partial charge is 0.394 e. The second-order valence-corrected chi connectivity index (χ2v) is 9.07. The van der Waals surface area contributed by atoms with Crippen molar-refractivity contribution in [2.75, 3.05) is 13.2 Å². The number of hydrogen-bond acceptors (Lipinski definition) is 9. The van der Waals surface area contributed by atoms with Crippen LogP contribution in [0.1, 0.15) is 17.5 Å². The molecule has 196 valence electrons. The van der Waals surface area contributed by atoms with E-state index >= 15 is 0 Å². The van der Waals surface area contributed by atoms with Crippen LogP contribution in [0.2, 0.25) is 0 Å². The molecule has 0 bridgehead atoms. The fraction of sp³-hybridized carbons (Fsp3) is 0.429. The third-order valence-corrected chi connectivity index (χ3v) is 6.46. The van der Waals surface area contributed by atoms with Gasteiger partial charge in [-0.15, -0.1) is 0 Å². The Kier molecular flexibility index (Phi) is 8.95. The zero-order valence-electron chi connectivity index (χ0n) is 19.9. The second kappa shape index (κ2) is 12.2. The molecule has 0 aromatic heterocycles. The molecular formula is C28H30O9. The van der Waals surface area contributed by atoms with Gasteiger partial charge in [-0.1, -0.05) is 54.0 Å². The van der Waals surface area contributed by atoms with E-state index in [4.69, 9.17) is 9.47 Å². The van der Waals surface area contributed by atoms with Gasteiger partial charge in [0.1, 0.15) is 42.7 Å². The third kappa shape index (κ3) is 6.20. The highest BCUT2D eigenvalue weighted by Gasteiger charge is 2.42. The van der Waals surface area contributed by atoms with E-state index < -0.39 is 61.5 Å². The van der Waals surface area contributed by atoms with Crippen LogP contribution < -0.4 is 0 Å². The van der Waals surface area contributed by atoms with E-state index in [-0.39, 0.29) is 13.0 Å². The highest BCUT2D eigenvalue weighted by molar-refractivity contribution is 5.73. The van der Waals surface area contributed by atoms with Crippen molar-refractivity contribution in [2.45, 2.75) is 61.4 Å². The van der Waals surface area contributed by atoms with Gasteiger partial charge in [-0.05, 0) is 29.3 Å². The monoisotopic (exact) mass is 510 g/mol. The van der Waals surface area contributed by atoms with Crippen LogP contribution in [0, 0.1) is 23.7 Å². The molecule has 0 radical (unpaired) electrons. The van der Waals surface area contributed by atoms with Crippen LogP contribution in [-0.2, 0) is 9.47 Å². The number of aliphatic hydroxyl groups is 7. The van der Waals surface area contributed by atoms with Crippen LogP contribution in [-0.4, -0.2) is 104 Å². The van der Waals surface area contributed by atoms with Crippen molar-refractivity contribution < 1.29 is 45.2 Å². The minimum absolute atomic E-state index is 0.118. The van der Waals surface area contributed by atoms with E-state index in [0.717, 1.165) is 11.1 Å². The lowest BCUT2D eigenvalue weighted by Gasteiger charge is -2.37. The van der Waals surface area contributed by atoms with Crippen molar-refractivity contribution in [1.82, 2.24) is 0 Å². The van der Waals surface area contributed by atoms with E-state index in [1.807, 2.05) is 30.3 Å². The van der Waals surface area contributed by atoms with Crippen LogP contribution in [0.4, 0.5) is 0 Å². The van der Waals surface area contributed by atoms with E-state index in [2.05, 4.69) is 23.7 Å². The van der Waals surface area contributed by atoms with Crippen LogP contribution in [0.3, 0.4) is 0 Å². The van der Waals surface area contributed by atoms with Gasteiger partial charge in [0.25, 0.3) is 0 Å². The molecule has 2 aromatic rings. The Morgan fingerprint density at radius 2 is 1.43 bits per heavy atom. The molecule has 2 heterocycles. The van der Waals surface area contributed by atoms with Crippen molar-refractivity contribution in [2.24, 2.45) is 0 Å². The van der Waals surface area contributed by atoms with Crippen molar-refractivity contribution in [3.8, 4) is 34.8 Å². The second-order valence-electron chi connectivity index (χ2n) is 9.07. The Morgan fingerprint density at radius 3 is 2.14 bits per heavy atom. The number of aliphatic hydroxyl groups excluding tert-OH is 7. The maximum absolute atomic E-state index is 10.3. The molecule has 9 heteroatoms. The molecule has 0 spiro atoms. The summed E-state index contributed by atoms with van der Waals surface area (Å²) in [6, 6.07) is 14.6. The summed E-state index contributed by atoms with van der Waals surface area (Å²) in [7, 11) is 0. The molecule has 2 aromatic carbocycles. The molecule has 0 aliphatic carbocycles. The van der Waals surface area contributed by atoms with E-state index in [0.29, 0.717) is 11.1 Å². The average Bonchev–Trinajstić information content (AvgIpc) is 2.92. The number of rotatable bonds is 3. The zero-order chi connectivity index (χ0) is 26.5. The van der Waals surface area contributed by atoms with Crippen LogP contribution in [0.15, 0.2) is 48.5 Å². The van der Waals surface area contributed by atoms with Gasteiger partial charge in [-0.25, -0.2) is 0 Å². The first-order valence-corrected chi connectivity index (χ1v) is 12.0. The Morgan fingerprint density at radius 1 is 0.730 bits per heavy atom. The van der Waals surface area contributed by atoms with Gasteiger partial charge < -0.3 is 45.2 Å². The predicted molar refractivity (Wildman–Crippen MR) is 132 cm³/mol. The first-order chi connectivity index (χ1) is 17.8. The number of ether oxygens (including phenoxy) is 2. The quantitative estimate of drug-likeness (QED) is 0.251. The lowest BCUT2D eigenvalue weighted by Crippen LogP contribution is -2.58. The lowest BCUT2D eigenvalue weighted by molar-refractivity contribution is -0.214. The first kappa shape index (κ1) is 27.2. The molecule has 0 amide bonds. The van der Waals surface area contributed by atoms with E-state index in [1.54, 1.807) is 18.2 Å². The Bertz CT molecular complexity index is 1180. The highest BCUT2D eigenvalue weighted by Crippen LogP contribution is 2.26. The lowest BCUT2D eigenvalue weighted by atomic mass is 9.94. The summed E-state index contributed by atoms with van der Waals surface area (Å²) >= 11 is 0.